The second kappa shape index (κ2) is 11.1. The number of fused-ring (bicyclic) bond motifs is 4. The topological polar surface area (TPSA) is 147 Å². The summed E-state index contributed by atoms with van der Waals surface area (Å²) in [4.78, 5) is 65.1. The number of hydrogen-bond donors (Lipinski definition) is 1. The Kier molecular flexibility index (Phi) is 7.37. The van der Waals surface area contributed by atoms with Gasteiger partial charge in [0.25, 0.3) is 17.5 Å². The van der Waals surface area contributed by atoms with E-state index in [9.17, 15) is 38.8 Å². The highest BCUT2D eigenvalue weighted by atomic mass is 35.5. The Hall–Kier alpha value is -4.81. The third kappa shape index (κ3) is 4.31. The van der Waals surface area contributed by atoms with Crippen molar-refractivity contribution < 1.29 is 38.3 Å². The molecule has 3 aromatic rings. The number of phenolic OH excluding ortho intramolecular Hbond substituents is 1. The number of carbonyl (C=O) groups excluding carboxylic acids is 4. The molecule has 3 fully saturated rings. The zero-order valence-electron chi connectivity index (χ0n) is 25.1. The van der Waals surface area contributed by atoms with Gasteiger partial charge in [-0.2, -0.15) is 0 Å². The van der Waals surface area contributed by atoms with E-state index in [1.54, 1.807) is 13.0 Å². The summed E-state index contributed by atoms with van der Waals surface area (Å²) in [6.07, 6.45) is 1.51. The number of allylic oxidation sites excluding steroid dienone is 2. The van der Waals surface area contributed by atoms with Gasteiger partial charge in [0.1, 0.15) is 5.82 Å². The van der Waals surface area contributed by atoms with Crippen LogP contribution in [0.4, 0.5) is 21.5 Å². The number of benzene rings is 3. The molecular formula is C34H26Cl2FN3O8. The SMILES string of the molecule is CCOc1cc(C2C3=CCC4C(=O)N(c5cccc([N+](=O)[O-])c5)C(=O)C4C3CC3(Cl)C(=O)N(c4ccc(F)cc4)C(=O)C23Cl)ccc1O. The van der Waals surface area contributed by atoms with Gasteiger partial charge in [0.05, 0.1) is 34.7 Å². The average molecular weight is 694 g/mol. The Morgan fingerprint density at radius 3 is 2.38 bits per heavy atom. The zero-order valence-corrected chi connectivity index (χ0v) is 26.7. The van der Waals surface area contributed by atoms with Crippen molar-refractivity contribution in [3.63, 3.8) is 0 Å². The molecule has 0 aromatic heterocycles. The normalized spacial score (nSPS) is 29.4. The molecule has 6 atom stereocenters. The molecule has 2 aliphatic heterocycles. The first-order chi connectivity index (χ1) is 22.8. The van der Waals surface area contributed by atoms with Crippen LogP contribution in [0.25, 0.3) is 0 Å². The van der Waals surface area contributed by atoms with Crippen LogP contribution in [-0.4, -0.2) is 50.0 Å². The molecule has 3 aromatic carbocycles. The molecule has 2 aliphatic carbocycles. The fraction of sp³-hybridized carbons (Fsp3) is 0.294. The van der Waals surface area contributed by atoms with Crippen LogP contribution in [-0.2, 0) is 19.2 Å². The minimum Gasteiger partial charge on any atom is -0.504 e. The quantitative estimate of drug-likeness (QED) is 0.115. The molecule has 1 saturated carbocycles. The van der Waals surface area contributed by atoms with Crippen LogP contribution in [0, 0.1) is 33.7 Å². The minimum absolute atomic E-state index is 0.0317. The van der Waals surface area contributed by atoms with Gasteiger partial charge in [-0.1, -0.05) is 23.8 Å². The highest BCUT2D eigenvalue weighted by Crippen LogP contribution is 2.66. The van der Waals surface area contributed by atoms with Crippen LogP contribution in [0.5, 0.6) is 11.5 Å². The van der Waals surface area contributed by atoms with Crippen LogP contribution >= 0.6 is 23.2 Å². The van der Waals surface area contributed by atoms with E-state index in [0.717, 1.165) is 28.0 Å². The van der Waals surface area contributed by atoms with Gasteiger partial charge in [-0.05, 0) is 73.7 Å². The second-order valence-electron chi connectivity index (χ2n) is 12.2. The maximum absolute atomic E-state index is 14.5. The van der Waals surface area contributed by atoms with Gasteiger partial charge in [0.2, 0.25) is 11.8 Å². The van der Waals surface area contributed by atoms with Crippen molar-refractivity contribution in [2.45, 2.75) is 35.4 Å². The third-order valence-corrected chi connectivity index (χ3v) is 11.2. The lowest BCUT2D eigenvalue weighted by Gasteiger charge is -2.50. The number of aromatic hydroxyl groups is 1. The van der Waals surface area contributed by atoms with Gasteiger partial charge < -0.3 is 9.84 Å². The summed E-state index contributed by atoms with van der Waals surface area (Å²) in [7, 11) is 0. The Morgan fingerprint density at radius 2 is 1.69 bits per heavy atom. The first-order valence-electron chi connectivity index (χ1n) is 15.1. The molecule has 0 spiro atoms. The Balaban J connectivity index is 1.39. The largest absolute Gasteiger partial charge is 0.504 e. The van der Waals surface area contributed by atoms with Crippen molar-refractivity contribution in [3.8, 4) is 11.5 Å². The number of hydrogen-bond acceptors (Lipinski definition) is 8. The molecule has 4 aliphatic rings. The molecule has 7 rings (SSSR count). The number of nitro groups is 1. The predicted octanol–water partition coefficient (Wildman–Crippen LogP) is 5.61. The standard InChI is InChI=1S/C34H26Cl2FN3O8/c1-2-48-26-14-17(6-13-25(26)41)28-22-11-12-23-27(30(43)38(29(23)42)20-4-3-5-21(15-20)40(46)47)24(22)16-33(35)31(44)39(32(45)34(28,33)36)19-9-7-18(37)8-10-19/h3-11,13-15,23-24,27-28,41H,2,12,16H2,1H3. The second-order valence-corrected chi connectivity index (χ2v) is 13.4. The van der Waals surface area contributed by atoms with E-state index >= 15 is 0 Å². The maximum Gasteiger partial charge on any atom is 0.271 e. The Labute approximate surface area is 282 Å². The van der Waals surface area contributed by atoms with E-state index in [1.165, 1.54) is 48.5 Å². The molecule has 246 valence electrons. The molecule has 2 saturated heterocycles. The summed E-state index contributed by atoms with van der Waals surface area (Å²) >= 11 is 14.7. The van der Waals surface area contributed by atoms with Crippen LogP contribution in [0.3, 0.4) is 0 Å². The lowest BCUT2D eigenvalue weighted by Crippen LogP contribution is -2.60. The Morgan fingerprint density at radius 1 is 0.958 bits per heavy atom. The van der Waals surface area contributed by atoms with Crippen molar-refractivity contribution in [2.24, 2.45) is 17.8 Å². The molecule has 6 unspecified atom stereocenters. The molecule has 4 amide bonds. The minimum atomic E-state index is -2.17. The Bertz CT molecular complexity index is 1970. The van der Waals surface area contributed by atoms with Crippen molar-refractivity contribution in [1.29, 1.82) is 0 Å². The van der Waals surface area contributed by atoms with Crippen molar-refractivity contribution in [1.82, 2.24) is 0 Å². The van der Waals surface area contributed by atoms with E-state index in [-0.39, 0.29) is 48.0 Å². The summed E-state index contributed by atoms with van der Waals surface area (Å²) in [5, 5.41) is 22.0. The number of carbonyl (C=O) groups is 4. The lowest BCUT2D eigenvalue weighted by atomic mass is 9.56. The number of non-ortho nitro benzene ring substituents is 1. The summed E-state index contributed by atoms with van der Waals surface area (Å²) < 4.78 is 19.5. The van der Waals surface area contributed by atoms with Gasteiger partial charge >= 0.3 is 0 Å². The number of nitrogens with zero attached hydrogens (tertiary/aromatic N) is 3. The van der Waals surface area contributed by atoms with Crippen LogP contribution < -0.4 is 14.5 Å². The smallest absolute Gasteiger partial charge is 0.271 e. The first kappa shape index (κ1) is 31.8. The lowest BCUT2D eigenvalue weighted by molar-refractivity contribution is -0.384. The molecule has 2 heterocycles. The number of rotatable bonds is 6. The monoisotopic (exact) mass is 693 g/mol. The highest BCUT2D eigenvalue weighted by molar-refractivity contribution is 6.58. The average Bonchev–Trinajstić information content (AvgIpc) is 3.40. The summed E-state index contributed by atoms with van der Waals surface area (Å²) in [5.74, 6) is -7.56. The number of phenols is 1. The number of ether oxygens (including phenoxy) is 1. The number of amides is 4. The van der Waals surface area contributed by atoms with E-state index in [0.29, 0.717) is 11.1 Å². The van der Waals surface area contributed by atoms with E-state index in [2.05, 4.69) is 0 Å². The van der Waals surface area contributed by atoms with Crippen molar-refractivity contribution >= 4 is 63.9 Å². The summed E-state index contributed by atoms with van der Waals surface area (Å²) in [6, 6.07) is 14.2. The van der Waals surface area contributed by atoms with Gasteiger partial charge in [0.15, 0.2) is 21.2 Å². The fourth-order valence-corrected chi connectivity index (χ4v) is 8.69. The van der Waals surface area contributed by atoms with Gasteiger partial charge in [-0.25, -0.2) is 14.2 Å². The maximum atomic E-state index is 14.5. The van der Waals surface area contributed by atoms with Crippen molar-refractivity contribution in [3.05, 3.63) is 99.9 Å². The van der Waals surface area contributed by atoms with Crippen molar-refractivity contribution in [2.75, 3.05) is 16.4 Å². The number of nitro benzene ring substituents is 1. The molecule has 14 heteroatoms. The third-order valence-electron chi connectivity index (χ3n) is 9.81. The first-order valence-corrected chi connectivity index (χ1v) is 15.9. The van der Waals surface area contributed by atoms with Crippen LogP contribution in [0.2, 0.25) is 0 Å². The van der Waals surface area contributed by atoms with E-state index in [1.807, 2.05) is 0 Å². The number of halogens is 3. The molecule has 0 radical (unpaired) electrons. The number of alkyl halides is 2. The highest BCUT2D eigenvalue weighted by Gasteiger charge is 2.76. The van der Waals surface area contributed by atoms with Gasteiger partial charge in [0, 0.05) is 18.1 Å². The predicted molar refractivity (Wildman–Crippen MR) is 171 cm³/mol. The van der Waals surface area contributed by atoms with E-state index in [4.69, 9.17) is 27.9 Å². The fourth-order valence-electron chi connectivity index (χ4n) is 7.75. The summed E-state index contributed by atoms with van der Waals surface area (Å²) in [6.45, 7) is 1.91. The number of anilines is 2. The zero-order chi connectivity index (χ0) is 34.3. The van der Waals surface area contributed by atoms with Crippen LogP contribution in [0.15, 0.2) is 78.4 Å². The van der Waals surface area contributed by atoms with E-state index < -0.39 is 67.8 Å². The van der Waals surface area contributed by atoms with Gasteiger partial charge in [-0.15, -0.1) is 23.2 Å². The van der Waals surface area contributed by atoms with Gasteiger partial charge in [-0.3, -0.25) is 29.3 Å². The molecular weight excluding hydrogens is 668 g/mol. The number of imide groups is 2. The molecule has 0 bridgehead atoms. The molecule has 11 nitrogen and oxygen atoms in total. The molecule has 1 N–H and O–H groups in total. The molecule has 48 heavy (non-hydrogen) atoms. The van der Waals surface area contributed by atoms with Crippen LogP contribution in [0.1, 0.15) is 31.2 Å². The summed E-state index contributed by atoms with van der Waals surface area (Å²) in [5.41, 5.74) is 0.628.